The Morgan fingerprint density at radius 2 is 1.91 bits per heavy atom. The number of hydrogen-bond acceptors (Lipinski definition) is 0. The Morgan fingerprint density at radius 3 is 2.18 bits per heavy atom. The van der Waals surface area contributed by atoms with Crippen LogP contribution < -0.4 is 0 Å². The number of halogens is 3. The minimum absolute atomic E-state index is 0.345. The average molecular weight is 181 g/mol. The Kier molecular flexibility index (Phi) is 1.67. The van der Waals surface area contributed by atoms with Gasteiger partial charge in [0.2, 0.25) is 0 Å². The maximum absolute atomic E-state index is 12.6. The van der Waals surface area contributed by atoms with Crippen LogP contribution in [0.3, 0.4) is 0 Å². The predicted molar refractivity (Wildman–Crippen MR) is 41.8 cm³/mol. The molecule has 0 saturated carbocycles. The zero-order valence-corrected chi connectivity index (χ0v) is 6.78. The van der Waals surface area contributed by atoms with Crippen molar-refractivity contribution in [2.45, 2.75) is 4.90 Å². The SMILES string of the molecule is C[SH](F)(F)(F)c1[c]cccc1. The minimum atomic E-state index is -6.05. The molecule has 0 aliphatic carbocycles. The Bertz CT molecular complexity index is 240. The van der Waals surface area contributed by atoms with Gasteiger partial charge in [-0.15, -0.1) is 0 Å². The summed E-state index contributed by atoms with van der Waals surface area (Å²) < 4.78 is 37.7. The van der Waals surface area contributed by atoms with Gasteiger partial charge in [0.25, 0.3) is 0 Å². The van der Waals surface area contributed by atoms with Crippen LogP contribution in [0.2, 0.25) is 0 Å². The Labute approximate surface area is 64.2 Å². The van der Waals surface area contributed by atoms with Crippen LogP contribution >= 0.6 is 10.3 Å². The summed E-state index contributed by atoms with van der Waals surface area (Å²) in [5.74, 6) is 0. The van der Waals surface area contributed by atoms with Crippen molar-refractivity contribution in [3.63, 3.8) is 0 Å². The molecule has 1 rings (SSSR count). The fourth-order valence-electron chi connectivity index (χ4n) is 0.681. The van der Waals surface area contributed by atoms with Crippen LogP contribution in [0, 0.1) is 6.07 Å². The normalized spacial score (nSPS) is 15.5. The second kappa shape index (κ2) is 2.17. The molecule has 0 heterocycles. The summed E-state index contributed by atoms with van der Waals surface area (Å²) >= 11 is 0. The molecule has 0 nitrogen and oxygen atoms in total. The molecule has 1 aromatic rings. The van der Waals surface area contributed by atoms with Gasteiger partial charge in [-0.2, -0.15) is 11.7 Å². The molecule has 63 valence electrons. The number of thiol groups is 1. The average Bonchev–Trinajstić information content (AvgIpc) is 1.86. The molecular formula is C7H8F3S. The molecule has 1 radical (unpaired) electrons. The van der Waals surface area contributed by atoms with Gasteiger partial charge in [0.05, 0.1) is 15.2 Å². The van der Waals surface area contributed by atoms with E-state index in [1.807, 2.05) is 0 Å². The molecule has 0 aliphatic rings. The summed E-state index contributed by atoms with van der Waals surface area (Å²) in [6, 6.07) is 7.40. The fraction of sp³-hybridized carbons (Fsp3) is 0.143. The van der Waals surface area contributed by atoms with Crippen LogP contribution in [0.5, 0.6) is 0 Å². The van der Waals surface area contributed by atoms with Gasteiger partial charge in [-0.3, -0.25) is 0 Å². The first-order chi connectivity index (χ1) is 4.86. The second-order valence-corrected chi connectivity index (χ2v) is 5.26. The van der Waals surface area contributed by atoms with E-state index in [0.29, 0.717) is 6.26 Å². The molecule has 0 spiro atoms. The van der Waals surface area contributed by atoms with Crippen LogP contribution in [-0.2, 0) is 0 Å². The summed E-state index contributed by atoms with van der Waals surface area (Å²) in [6.07, 6.45) is 0.345. The van der Waals surface area contributed by atoms with Gasteiger partial charge in [0.1, 0.15) is 0 Å². The third-order valence-electron chi connectivity index (χ3n) is 1.21. The molecule has 0 aromatic heterocycles. The van der Waals surface area contributed by atoms with Crippen molar-refractivity contribution in [3.05, 3.63) is 30.3 Å². The van der Waals surface area contributed by atoms with Gasteiger partial charge in [-0.05, 0) is 6.07 Å². The zero-order valence-electron chi connectivity index (χ0n) is 5.89. The minimum Gasteiger partial charge on any atom is -0.151 e. The molecule has 0 aliphatic heterocycles. The van der Waals surface area contributed by atoms with Crippen LogP contribution in [-0.4, -0.2) is 6.26 Å². The molecule has 1 aromatic carbocycles. The van der Waals surface area contributed by atoms with Crippen molar-refractivity contribution < 1.29 is 11.7 Å². The summed E-state index contributed by atoms with van der Waals surface area (Å²) in [6.45, 7) is 0. The zero-order chi connectivity index (χ0) is 8.56. The van der Waals surface area contributed by atoms with Gasteiger partial charge >= 0.3 is 0 Å². The molecule has 0 saturated heterocycles. The van der Waals surface area contributed by atoms with Crippen LogP contribution in [0.1, 0.15) is 0 Å². The van der Waals surface area contributed by atoms with Crippen molar-refractivity contribution in [1.82, 2.24) is 0 Å². The van der Waals surface area contributed by atoms with E-state index >= 15 is 0 Å². The van der Waals surface area contributed by atoms with E-state index in [1.165, 1.54) is 18.2 Å². The molecule has 4 heteroatoms. The first-order valence-corrected chi connectivity index (χ1v) is 5.36. The number of benzene rings is 1. The summed E-state index contributed by atoms with van der Waals surface area (Å²) in [7, 11) is -6.05. The van der Waals surface area contributed by atoms with Crippen molar-refractivity contribution in [1.29, 1.82) is 0 Å². The monoisotopic (exact) mass is 181 g/mol. The van der Waals surface area contributed by atoms with Crippen molar-refractivity contribution in [3.8, 4) is 0 Å². The van der Waals surface area contributed by atoms with E-state index < -0.39 is 15.2 Å². The lowest BCUT2D eigenvalue weighted by Gasteiger charge is -2.33. The highest BCUT2D eigenvalue weighted by Gasteiger charge is 2.34. The summed E-state index contributed by atoms with van der Waals surface area (Å²) in [4.78, 5) is -0.613. The third kappa shape index (κ3) is 2.15. The predicted octanol–water partition coefficient (Wildman–Crippen LogP) is 3.20. The van der Waals surface area contributed by atoms with Crippen LogP contribution in [0.25, 0.3) is 0 Å². The molecule has 11 heavy (non-hydrogen) atoms. The van der Waals surface area contributed by atoms with E-state index in [-0.39, 0.29) is 0 Å². The van der Waals surface area contributed by atoms with Crippen molar-refractivity contribution in [2.75, 3.05) is 6.26 Å². The Balaban J connectivity index is 3.14. The lowest BCUT2D eigenvalue weighted by Crippen LogP contribution is -1.95. The molecule has 0 fully saturated rings. The highest BCUT2D eigenvalue weighted by atomic mass is 32.4. The van der Waals surface area contributed by atoms with E-state index in [0.717, 1.165) is 6.07 Å². The van der Waals surface area contributed by atoms with E-state index in [2.05, 4.69) is 6.07 Å². The maximum Gasteiger partial charge on any atom is 0.0661 e. The highest BCUT2D eigenvalue weighted by Crippen LogP contribution is 2.77. The molecular weight excluding hydrogens is 173 g/mol. The van der Waals surface area contributed by atoms with E-state index in [1.54, 1.807) is 0 Å². The van der Waals surface area contributed by atoms with E-state index in [9.17, 15) is 11.7 Å². The lowest BCUT2D eigenvalue weighted by molar-refractivity contribution is 0.600. The van der Waals surface area contributed by atoms with Gasteiger partial charge in [-0.1, -0.05) is 18.2 Å². The van der Waals surface area contributed by atoms with Gasteiger partial charge < -0.3 is 0 Å². The Morgan fingerprint density at radius 1 is 1.27 bits per heavy atom. The fourth-order valence-corrected chi connectivity index (χ4v) is 1.43. The second-order valence-electron chi connectivity index (χ2n) is 2.42. The third-order valence-corrected chi connectivity index (χ3v) is 2.51. The summed E-state index contributed by atoms with van der Waals surface area (Å²) in [5, 5.41) is 0. The largest absolute Gasteiger partial charge is 0.151 e. The lowest BCUT2D eigenvalue weighted by atomic mass is 10.4. The number of rotatable bonds is 1. The molecule has 0 N–H and O–H groups in total. The summed E-state index contributed by atoms with van der Waals surface area (Å²) in [5.41, 5.74) is 0. The topological polar surface area (TPSA) is 0 Å². The van der Waals surface area contributed by atoms with Crippen molar-refractivity contribution in [2.24, 2.45) is 0 Å². The van der Waals surface area contributed by atoms with Gasteiger partial charge in [0.15, 0.2) is 0 Å². The van der Waals surface area contributed by atoms with Gasteiger partial charge in [0, 0.05) is 12.3 Å². The first-order valence-electron chi connectivity index (χ1n) is 3.01. The molecule has 0 bridgehead atoms. The highest BCUT2D eigenvalue weighted by molar-refractivity contribution is 8.37. The van der Waals surface area contributed by atoms with Crippen molar-refractivity contribution >= 4 is 10.3 Å². The van der Waals surface area contributed by atoms with Gasteiger partial charge in [-0.25, -0.2) is 0 Å². The quantitative estimate of drug-likeness (QED) is 0.632. The first kappa shape index (κ1) is 8.46. The smallest absolute Gasteiger partial charge is 0.0661 e. The molecule has 0 atom stereocenters. The number of hydrogen-bond donors (Lipinski definition) is 1. The van der Waals surface area contributed by atoms with Crippen LogP contribution in [0.4, 0.5) is 11.7 Å². The standard InChI is InChI=1S/C7H8F3S/c1-11(8,9,10)7-5-3-2-4-6-7/h2-5,11H,1H3. The van der Waals surface area contributed by atoms with E-state index in [4.69, 9.17) is 0 Å². The molecule has 0 unspecified atom stereocenters. The molecule has 0 amide bonds. The van der Waals surface area contributed by atoms with Crippen LogP contribution in [0.15, 0.2) is 29.2 Å². The Hall–Kier alpha value is -0.640. The maximum atomic E-state index is 12.6.